The van der Waals surface area contributed by atoms with Gasteiger partial charge in [-0.1, -0.05) is 11.6 Å². The number of benzene rings is 1. The molecule has 0 unspecified atom stereocenters. The first-order valence-corrected chi connectivity index (χ1v) is 6.58. The van der Waals surface area contributed by atoms with E-state index in [-0.39, 0.29) is 18.4 Å². The van der Waals surface area contributed by atoms with Crippen LogP contribution in [0.15, 0.2) is 18.2 Å². The Balaban J connectivity index is 2.28. The molecule has 1 aliphatic heterocycles. The highest BCUT2D eigenvalue weighted by Crippen LogP contribution is 2.23. The second kappa shape index (κ2) is 6.04. The number of nitrogens with one attached hydrogen (secondary N) is 1. The first-order valence-electron chi connectivity index (χ1n) is 6.20. The van der Waals surface area contributed by atoms with Gasteiger partial charge in [-0.25, -0.2) is 0 Å². The van der Waals surface area contributed by atoms with Crippen LogP contribution in [-0.4, -0.2) is 36.3 Å². The molecule has 2 rings (SSSR count). The molecule has 1 saturated heterocycles. The van der Waals surface area contributed by atoms with Crippen molar-refractivity contribution in [2.24, 2.45) is 5.73 Å². The number of rotatable bonds is 3. The zero-order chi connectivity index (χ0) is 13.8. The molecule has 1 aromatic carbocycles. The van der Waals surface area contributed by atoms with Gasteiger partial charge in [-0.2, -0.15) is 0 Å². The van der Waals surface area contributed by atoms with Crippen LogP contribution < -0.4 is 11.1 Å². The van der Waals surface area contributed by atoms with Crippen LogP contribution in [0.3, 0.4) is 0 Å². The molecule has 0 bridgehead atoms. The summed E-state index contributed by atoms with van der Waals surface area (Å²) in [5, 5.41) is 3.09. The number of nitrogens with two attached hydrogens (primary N) is 1. The largest absolute Gasteiger partial charge is 0.339 e. The van der Waals surface area contributed by atoms with Gasteiger partial charge < -0.3 is 16.0 Å². The lowest BCUT2D eigenvalue weighted by atomic mass is 10.1. The first kappa shape index (κ1) is 13.8. The Hall–Kier alpha value is -1.59. The average molecular weight is 282 g/mol. The number of carbonyl (C=O) groups is 2. The van der Waals surface area contributed by atoms with E-state index in [1.54, 1.807) is 23.1 Å². The summed E-state index contributed by atoms with van der Waals surface area (Å²) in [5.74, 6) is -0.440. The lowest BCUT2D eigenvalue weighted by Gasteiger charge is -2.18. The van der Waals surface area contributed by atoms with E-state index in [1.807, 2.05) is 0 Å². The van der Waals surface area contributed by atoms with Gasteiger partial charge in [-0.05, 0) is 31.0 Å². The molecule has 6 heteroatoms. The Bertz CT molecular complexity index is 499. The van der Waals surface area contributed by atoms with Crippen molar-refractivity contribution in [2.45, 2.75) is 12.8 Å². The van der Waals surface area contributed by atoms with Crippen LogP contribution in [0.4, 0.5) is 5.69 Å². The molecule has 5 nitrogen and oxygen atoms in total. The van der Waals surface area contributed by atoms with Crippen molar-refractivity contribution in [1.29, 1.82) is 0 Å². The fourth-order valence-corrected chi connectivity index (χ4v) is 2.27. The highest BCUT2D eigenvalue weighted by molar-refractivity contribution is 6.31. The predicted molar refractivity (Wildman–Crippen MR) is 74.3 cm³/mol. The molecule has 1 fully saturated rings. The number of hydrogen-bond donors (Lipinski definition) is 2. The Labute approximate surface area is 116 Å². The molecule has 0 aliphatic carbocycles. The van der Waals surface area contributed by atoms with Crippen molar-refractivity contribution >= 4 is 29.1 Å². The van der Waals surface area contributed by atoms with Crippen molar-refractivity contribution < 1.29 is 9.59 Å². The quantitative estimate of drug-likeness (QED) is 0.881. The van der Waals surface area contributed by atoms with Crippen LogP contribution in [0, 0.1) is 0 Å². The van der Waals surface area contributed by atoms with Gasteiger partial charge in [-0.3, -0.25) is 9.59 Å². The number of halogens is 1. The summed E-state index contributed by atoms with van der Waals surface area (Å²) in [4.78, 5) is 25.5. The van der Waals surface area contributed by atoms with Crippen LogP contribution >= 0.6 is 11.6 Å². The van der Waals surface area contributed by atoms with Gasteiger partial charge >= 0.3 is 0 Å². The van der Waals surface area contributed by atoms with Crippen molar-refractivity contribution in [3.05, 3.63) is 28.8 Å². The van der Waals surface area contributed by atoms with Gasteiger partial charge in [0.05, 0.1) is 17.8 Å². The minimum absolute atomic E-state index is 0.104. The summed E-state index contributed by atoms with van der Waals surface area (Å²) in [5.41, 5.74) is 6.13. The zero-order valence-corrected chi connectivity index (χ0v) is 11.2. The van der Waals surface area contributed by atoms with Crippen LogP contribution in [0.25, 0.3) is 0 Å². The third-order valence-corrected chi connectivity index (χ3v) is 3.30. The van der Waals surface area contributed by atoms with E-state index >= 15 is 0 Å². The van der Waals surface area contributed by atoms with Crippen molar-refractivity contribution in [3.8, 4) is 0 Å². The molecule has 102 valence electrons. The summed E-state index contributed by atoms with van der Waals surface area (Å²) in [7, 11) is 0. The molecular weight excluding hydrogens is 266 g/mol. The second-order valence-corrected chi connectivity index (χ2v) is 4.88. The van der Waals surface area contributed by atoms with E-state index in [0.29, 0.717) is 16.3 Å². The van der Waals surface area contributed by atoms with Crippen molar-refractivity contribution in [2.75, 3.05) is 25.0 Å². The number of carbonyl (C=O) groups excluding carboxylic acids is 2. The topological polar surface area (TPSA) is 75.4 Å². The zero-order valence-electron chi connectivity index (χ0n) is 10.5. The van der Waals surface area contributed by atoms with Crippen LogP contribution in [-0.2, 0) is 4.79 Å². The monoisotopic (exact) mass is 281 g/mol. The lowest BCUT2D eigenvalue weighted by molar-refractivity contribution is -0.114. The maximum absolute atomic E-state index is 12.4. The fourth-order valence-electron chi connectivity index (χ4n) is 2.09. The van der Waals surface area contributed by atoms with Crippen molar-refractivity contribution in [1.82, 2.24) is 4.90 Å². The number of nitrogens with zero attached hydrogens (tertiary/aromatic N) is 1. The Morgan fingerprint density at radius 2 is 2.00 bits per heavy atom. The third-order valence-electron chi connectivity index (χ3n) is 3.06. The maximum atomic E-state index is 12.4. The average Bonchev–Trinajstić information content (AvgIpc) is 2.93. The second-order valence-electron chi connectivity index (χ2n) is 4.44. The molecule has 0 aromatic heterocycles. The summed E-state index contributed by atoms with van der Waals surface area (Å²) in [6.07, 6.45) is 2.02. The Morgan fingerprint density at radius 1 is 1.32 bits per heavy atom. The number of amides is 2. The van der Waals surface area contributed by atoms with Gasteiger partial charge in [0.15, 0.2) is 0 Å². The number of hydrogen-bond acceptors (Lipinski definition) is 3. The summed E-state index contributed by atoms with van der Waals surface area (Å²) in [6.45, 7) is 1.37. The number of anilines is 1. The van der Waals surface area contributed by atoms with E-state index in [0.717, 1.165) is 25.9 Å². The van der Waals surface area contributed by atoms with Gasteiger partial charge in [-0.15, -0.1) is 0 Å². The van der Waals surface area contributed by atoms with E-state index in [1.165, 1.54) is 0 Å². The molecule has 2 amide bonds. The minimum Gasteiger partial charge on any atom is -0.339 e. The standard InChI is InChI=1S/C13H16ClN3O2/c14-9-3-4-11(16-12(18)8-15)10(7-9)13(19)17-5-1-2-6-17/h3-4,7H,1-2,5-6,8,15H2,(H,16,18). The normalized spacial score (nSPS) is 14.5. The van der Waals surface area contributed by atoms with Gasteiger partial charge in [0.25, 0.3) is 5.91 Å². The van der Waals surface area contributed by atoms with Gasteiger partial charge in [0.1, 0.15) is 0 Å². The van der Waals surface area contributed by atoms with Crippen LogP contribution in [0.1, 0.15) is 23.2 Å². The van der Waals surface area contributed by atoms with Crippen LogP contribution in [0.5, 0.6) is 0 Å². The van der Waals surface area contributed by atoms with E-state index in [9.17, 15) is 9.59 Å². The molecule has 1 aliphatic rings. The smallest absolute Gasteiger partial charge is 0.256 e. The summed E-state index contributed by atoms with van der Waals surface area (Å²) >= 11 is 5.93. The van der Waals surface area contributed by atoms with E-state index < -0.39 is 0 Å². The molecule has 0 radical (unpaired) electrons. The summed E-state index contributed by atoms with van der Waals surface area (Å²) < 4.78 is 0. The molecular formula is C13H16ClN3O2. The Kier molecular flexibility index (Phi) is 4.39. The molecule has 3 N–H and O–H groups in total. The molecule has 19 heavy (non-hydrogen) atoms. The first-order chi connectivity index (χ1) is 9.11. The molecule has 0 spiro atoms. The van der Waals surface area contributed by atoms with Gasteiger partial charge in [0, 0.05) is 18.1 Å². The van der Waals surface area contributed by atoms with Gasteiger partial charge in [0.2, 0.25) is 5.91 Å². The molecule has 1 aromatic rings. The van der Waals surface area contributed by atoms with E-state index in [4.69, 9.17) is 17.3 Å². The molecule has 0 saturated carbocycles. The highest BCUT2D eigenvalue weighted by Gasteiger charge is 2.22. The molecule has 0 atom stereocenters. The lowest BCUT2D eigenvalue weighted by Crippen LogP contribution is -2.29. The fraction of sp³-hybridized carbons (Fsp3) is 0.385. The van der Waals surface area contributed by atoms with E-state index in [2.05, 4.69) is 5.32 Å². The predicted octanol–water partition coefficient (Wildman–Crippen LogP) is 1.47. The Morgan fingerprint density at radius 3 is 2.63 bits per heavy atom. The molecule has 1 heterocycles. The summed E-state index contributed by atoms with van der Waals surface area (Å²) in [6, 6.07) is 4.84. The maximum Gasteiger partial charge on any atom is 0.256 e. The minimum atomic E-state index is -0.335. The highest BCUT2D eigenvalue weighted by atomic mass is 35.5. The SMILES string of the molecule is NCC(=O)Nc1ccc(Cl)cc1C(=O)N1CCCC1. The third kappa shape index (κ3) is 3.24. The number of likely N-dealkylation sites (tertiary alicyclic amines) is 1. The van der Waals surface area contributed by atoms with Crippen LogP contribution in [0.2, 0.25) is 5.02 Å². The van der Waals surface area contributed by atoms with Crippen molar-refractivity contribution in [3.63, 3.8) is 0 Å².